The van der Waals surface area contributed by atoms with Gasteiger partial charge in [-0.1, -0.05) is 18.2 Å². The molecule has 39 heavy (non-hydrogen) atoms. The average molecular weight is 564 g/mol. The molecule has 1 heterocycles. The lowest BCUT2D eigenvalue weighted by molar-refractivity contribution is -0.192. The first-order chi connectivity index (χ1) is 18.2. The Balaban J connectivity index is 0.000000673. The van der Waals surface area contributed by atoms with E-state index in [-0.39, 0.29) is 36.8 Å². The zero-order chi connectivity index (χ0) is 29.3. The largest absolute Gasteiger partial charge is 0.491 e. The van der Waals surface area contributed by atoms with Gasteiger partial charge < -0.3 is 25.0 Å². The lowest BCUT2D eigenvalue weighted by atomic mass is 10.0. The first kappa shape index (κ1) is 31.7. The fourth-order valence-electron chi connectivity index (χ4n) is 3.78. The Labute approximate surface area is 222 Å². The second-order valence-electron chi connectivity index (χ2n) is 9.27. The van der Waals surface area contributed by atoms with Gasteiger partial charge in [-0.15, -0.1) is 0 Å². The zero-order valence-electron chi connectivity index (χ0n) is 21.7. The van der Waals surface area contributed by atoms with Crippen LogP contribution in [0.15, 0.2) is 36.4 Å². The third-order valence-corrected chi connectivity index (χ3v) is 5.83. The van der Waals surface area contributed by atoms with Crippen molar-refractivity contribution < 1.29 is 45.8 Å². The van der Waals surface area contributed by atoms with Crippen molar-refractivity contribution >= 4 is 12.0 Å². The standard InChI is InChI=1S/C24H30F3N3O2.C2HF3O2/c1-16(2)32-20-7-4-17(5-8-20)14-28-24(31)30(19-10-12-29(3)13-11-19)15-18-6-9-21(25)23(27)22(18)26;3-2(4,5)1(6)7/h4-9,16,19H,10-15H2,1-3H3,(H,28,31);(H,6,7). The molecule has 0 aromatic heterocycles. The summed E-state index contributed by atoms with van der Waals surface area (Å²) < 4.78 is 78.7. The molecule has 1 aliphatic rings. The van der Waals surface area contributed by atoms with E-state index < -0.39 is 29.6 Å². The number of hydrogen-bond acceptors (Lipinski definition) is 4. The summed E-state index contributed by atoms with van der Waals surface area (Å²) in [4.78, 5) is 25.6. The second-order valence-corrected chi connectivity index (χ2v) is 9.27. The fourth-order valence-corrected chi connectivity index (χ4v) is 3.78. The molecule has 0 saturated carbocycles. The highest BCUT2D eigenvalue weighted by Gasteiger charge is 2.38. The van der Waals surface area contributed by atoms with E-state index in [1.807, 2.05) is 45.2 Å². The van der Waals surface area contributed by atoms with Crippen LogP contribution in [0.1, 0.15) is 37.8 Å². The predicted molar refractivity (Wildman–Crippen MR) is 131 cm³/mol. The molecule has 2 aromatic carbocycles. The van der Waals surface area contributed by atoms with Crippen LogP contribution in [0.3, 0.4) is 0 Å². The SMILES string of the molecule is CC(C)Oc1ccc(CNC(=O)N(Cc2ccc(F)c(F)c2F)C2CCN(C)CC2)cc1.O=C(O)C(F)(F)F. The number of nitrogens with one attached hydrogen (secondary N) is 1. The van der Waals surface area contributed by atoms with Crippen LogP contribution < -0.4 is 10.1 Å². The van der Waals surface area contributed by atoms with Crippen molar-refractivity contribution in [3.8, 4) is 5.75 Å². The first-order valence-electron chi connectivity index (χ1n) is 12.1. The number of rotatable bonds is 7. The fraction of sp³-hybridized carbons (Fsp3) is 0.462. The number of hydrogen-bond donors (Lipinski definition) is 2. The number of carbonyl (C=O) groups is 2. The summed E-state index contributed by atoms with van der Waals surface area (Å²) >= 11 is 0. The van der Waals surface area contributed by atoms with E-state index in [9.17, 15) is 31.1 Å². The van der Waals surface area contributed by atoms with Crippen LogP contribution in [-0.4, -0.2) is 65.4 Å². The molecule has 216 valence electrons. The summed E-state index contributed by atoms with van der Waals surface area (Å²) in [7, 11) is 2.00. The number of nitrogens with zero attached hydrogens (tertiary/aromatic N) is 2. The number of urea groups is 1. The molecule has 0 radical (unpaired) electrons. The Hall–Kier alpha value is -3.48. The lowest BCUT2D eigenvalue weighted by Crippen LogP contribution is -2.49. The lowest BCUT2D eigenvalue weighted by Gasteiger charge is -2.37. The number of amides is 2. The summed E-state index contributed by atoms with van der Waals surface area (Å²) in [6.45, 7) is 5.63. The molecule has 7 nitrogen and oxygen atoms in total. The van der Waals surface area contributed by atoms with Crippen molar-refractivity contribution in [2.24, 2.45) is 0 Å². The highest BCUT2D eigenvalue weighted by molar-refractivity contribution is 5.74. The molecule has 1 aliphatic heterocycles. The van der Waals surface area contributed by atoms with Crippen molar-refractivity contribution in [3.63, 3.8) is 0 Å². The first-order valence-corrected chi connectivity index (χ1v) is 12.1. The maximum absolute atomic E-state index is 14.3. The number of aliphatic carboxylic acids is 1. The Kier molecular flexibility index (Phi) is 11.4. The van der Waals surface area contributed by atoms with Gasteiger partial charge in [0, 0.05) is 18.2 Å². The van der Waals surface area contributed by atoms with Crippen molar-refractivity contribution in [3.05, 3.63) is 65.0 Å². The number of carboxylic acid groups (broad SMARTS) is 1. The smallest absolute Gasteiger partial charge is 0.490 e. The van der Waals surface area contributed by atoms with Crippen LogP contribution in [0.5, 0.6) is 5.75 Å². The summed E-state index contributed by atoms with van der Waals surface area (Å²) in [5.41, 5.74) is 0.838. The van der Waals surface area contributed by atoms with Crippen LogP contribution in [0.2, 0.25) is 0 Å². The molecular formula is C26H31F6N3O4. The molecule has 0 unspecified atom stereocenters. The minimum Gasteiger partial charge on any atom is -0.491 e. The monoisotopic (exact) mass is 563 g/mol. The van der Waals surface area contributed by atoms with E-state index in [2.05, 4.69) is 10.2 Å². The van der Waals surface area contributed by atoms with Crippen molar-refractivity contribution in [2.75, 3.05) is 20.1 Å². The zero-order valence-corrected chi connectivity index (χ0v) is 21.7. The molecule has 1 saturated heterocycles. The van der Waals surface area contributed by atoms with Crippen LogP contribution in [0, 0.1) is 17.5 Å². The summed E-state index contributed by atoms with van der Waals surface area (Å²) in [5.74, 6) is -6.03. The van der Waals surface area contributed by atoms with Crippen LogP contribution >= 0.6 is 0 Å². The molecule has 0 spiro atoms. The van der Waals surface area contributed by atoms with Crippen LogP contribution in [0.25, 0.3) is 0 Å². The van der Waals surface area contributed by atoms with Gasteiger partial charge in [-0.2, -0.15) is 13.2 Å². The number of halogens is 6. The quantitative estimate of drug-likeness (QED) is 0.352. The van der Waals surface area contributed by atoms with E-state index in [0.29, 0.717) is 0 Å². The number of alkyl halides is 3. The predicted octanol–water partition coefficient (Wildman–Crippen LogP) is 5.33. The number of ether oxygens (including phenoxy) is 1. The third kappa shape index (κ3) is 9.97. The van der Waals surface area contributed by atoms with Gasteiger partial charge in [0.25, 0.3) is 0 Å². The number of benzene rings is 2. The topological polar surface area (TPSA) is 82.1 Å². The number of carbonyl (C=O) groups excluding carboxylic acids is 1. The van der Waals surface area contributed by atoms with Gasteiger partial charge in [0.1, 0.15) is 5.75 Å². The van der Waals surface area contributed by atoms with Gasteiger partial charge in [-0.05, 0) is 70.6 Å². The normalized spacial score (nSPS) is 14.4. The number of carboxylic acids is 1. The molecule has 2 N–H and O–H groups in total. The highest BCUT2D eigenvalue weighted by atomic mass is 19.4. The van der Waals surface area contributed by atoms with Gasteiger partial charge in [0.2, 0.25) is 0 Å². The molecule has 0 atom stereocenters. The maximum atomic E-state index is 14.3. The molecule has 13 heteroatoms. The van der Waals surface area contributed by atoms with E-state index in [1.54, 1.807) is 0 Å². The van der Waals surface area contributed by atoms with Crippen molar-refractivity contribution in [1.29, 1.82) is 0 Å². The summed E-state index contributed by atoms with van der Waals surface area (Å²) in [5, 5.41) is 10.0. The Morgan fingerprint density at radius 1 is 1.05 bits per heavy atom. The second kappa shape index (κ2) is 14.1. The van der Waals surface area contributed by atoms with E-state index in [1.165, 1.54) is 11.0 Å². The van der Waals surface area contributed by atoms with Gasteiger partial charge in [-0.25, -0.2) is 22.8 Å². The highest BCUT2D eigenvalue weighted by Crippen LogP contribution is 2.22. The summed E-state index contributed by atoms with van der Waals surface area (Å²) in [6.07, 6.45) is -3.58. The number of piperidine rings is 1. The van der Waals surface area contributed by atoms with Gasteiger partial charge >= 0.3 is 18.2 Å². The molecule has 0 bridgehead atoms. The molecule has 3 rings (SSSR count). The van der Waals surface area contributed by atoms with Crippen LogP contribution in [0.4, 0.5) is 31.1 Å². The molecular weight excluding hydrogens is 532 g/mol. The molecule has 1 fully saturated rings. The third-order valence-electron chi connectivity index (χ3n) is 5.83. The van der Waals surface area contributed by atoms with Gasteiger partial charge in [-0.3, -0.25) is 0 Å². The molecule has 0 aliphatic carbocycles. The molecule has 2 aromatic rings. The molecule has 2 amide bonds. The van der Waals surface area contributed by atoms with Crippen molar-refractivity contribution in [2.45, 2.75) is 58.1 Å². The van der Waals surface area contributed by atoms with Crippen LogP contribution in [-0.2, 0) is 17.9 Å². The average Bonchev–Trinajstić information content (AvgIpc) is 2.86. The maximum Gasteiger partial charge on any atom is 0.490 e. The van der Waals surface area contributed by atoms with Gasteiger partial charge in [0.05, 0.1) is 12.6 Å². The van der Waals surface area contributed by atoms with E-state index in [0.717, 1.165) is 43.3 Å². The Bertz CT molecular complexity index is 1100. The van der Waals surface area contributed by atoms with E-state index in [4.69, 9.17) is 14.6 Å². The Morgan fingerprint density at radius 3 is 2.13 bits per heavy atom. The minimum atomic E-state index is -5.08. The summed E-state index contributed by atoms with van der Waals surface area (Å²) in [6, 6.07) is 9.00. The minimum absolute atomic E-state index is 0.0480. The number of likely N-dealkylation sites (tertiary alicyclic amines) is 1. The Morgan fingerprint density at radius 2 is 1.62 bits per heavy atom. The van der Waals surface area contributed by atoms with Gasteiger partial charge in [0.15, 0.2) is 17.5 Å². The van der Waals surface area contributed by atoms with Crippen molar-refractivity contribution in [1.82, 2.24) is 15.1 Å². The van der Waals surface area contributed by atoms with E-state index >= 15 is 0 Å².